The van der Waals surface area contributed by atoms with E-state index >= 15 is 0 Å². The fourth-order valence-corrected chi connectivity index (χ4v) is 3.19. The highest BCUT2D eigenvalue weighted by Gasteiger charge is 2.21. The molecule has 144 valence electrons. The number of rotatable bonds is 4. The number of aryl methyl sites for hydroxylation is 1. The zero-order chi connectivity index (χ0) is 19.2. The largest absolute Gasteiger partial charge is 0.505 e. The van der Waals surface area contributed by atoms with Gasteiger partial charge in [0.25, 0.3) is 0 Å². The number of aromatic hydroxyl groups is 1. The lowest BCUT2D eigenvalue weighted by Crippen LogP contribution is -2.48. The molecule has 2 heterocycles. The molecule has 1 aromatic heterocycles. The molecule has 0 atom stereocenters. The van der Waals surface area contributed by atoms with Crippen LogP contribution < -0.4 is 15.5 Å². The van der Waals surface area contributed by atoms with E-state index in [2.05, 4.69) is 31.6 Å². The lowest BCUT2D eigenvalue weighted by atomic mass is 10.1. The Morgan fingerprint density at radius 1 is 1.30 bits per heavy atom. The van der Waals surface area contributed by atoms with E-state index in [4.69, 9.17) is 0 Å². The van der Waals surface area contributed by atoms with Gasteiger partial charge in [0.15, 0.2) is 17.5 Å². The Labute approximate surface area is 159 Å². The van der Waals surface area contributed by atoms with Crippen molar-refractivity contribution in [3.05, 3.63) is 53.5 Å². The van der Waals surface area contributed by atoms with Gasteiger partial charge < -0.3 is 20.6 Å². The van der Waals surface area contributed by atoms with Crippen molar-refractivity contribution in [1.29, 1.82) is 0 Å². The molecule has 0 spiro atoms. The van der Waals surface area contributed by atoms with Gasteiger partial charge in [0.1, 0.15) is 5.82 Å². The minimum absolute atomic E-state index is 0.328. The van der Waals surface area contributed by atoms with Crippen LogP contribution in [0.2, 0.25) is 0 Å². The Balaban J connectivity index is 1.48. The van der Waals surface area contributed by atoms with Crippen molar-refractivity contribution in [2.45, 2.75) is 32.4 Å². The summed E-state index contributed by atoms with van der Waals surface area (Å²) < 4.78 is 13.4. The molecule has 1 aliphatic rings. The number of nitrogens with zero attached hydrogens (tertiary/aromatic N) is 3. The van der Waals surface area contributed by atoms with Crippen molar-refractivity contribution in [3.63, 3.8) is 0 Å². The number of hydrogen-bond acceptors (Lipinski definition) is 4. The molecule has 0 bridgehead atoms. The highest BCUT2D eigenvalue weighted by Crippen LogP contribution is 2.18. The number of aromatic nitrogens is 1. The van der Waals surface area contributed by atoms with Crippen LogP contribution in [0, 0.1) is 12.7 Å². The van der Waals surface area contributed by atoms with Gasteiger partial charge in [0, 0.05) is 38.4 Å². The molecule has 0 unspecified atom stereocenters. The molecule has 3 rings (SSSR count). The first-order valence-corrected chi connectivity index (χ1v) is 9.18. The Hall–Kier alpha value is -2.83. The second-order valence-corrected chi connectivity index (χ2v) is 6.75. The third-order valence-electron chi connectivity index (χ3n) is 4.73. The Kier molecular flexibility index (Phi) is 6.11. The standard InChI is InChI=1S/C20H26FN5O/c1-14-4-3-5-19(24-14)26-10-8-16(9-11-26)25-20(22-2)23-13-15-6-7-18(27)17(21)12-15/h3-7,12,16,27H,8-11,13H2,1-2H3,(H2,22,23,25). The summed E-state index contributed by atoms with van der Waals surface area (Å²) in [5.74, 6) is 0.770. The third kappa shape index (κ3) is 5.09. The van der Waals surface area contributed by atoms with Crippen molar-refractivity contribution >= 4 is 11.8 Å². The quantitative estimate of drug-likeness (QED) is 0.569. The summed E-state index contributed by atoms with van der Waals surface area (Å²) in [6.07, 6.45) is 1.98. The van der Waals surface area contributed by atoms with E-state index < -0.39 is 5.82 Å². The van der Waals surface area contributed by atoms with Gasteiger partial charge in [-0.05, 0) is 49.6 Å². The van der Waals surface area contributed by atoms with Crippen LogP contribution in [-0.2, 0) is 6.54 Å². The maximum atomic E-state index is 13.4. The van der Waals surface area contributed by atoms with Crippen LogP contribution in [-0.4, -0.2) is 42.2 Å². The van der Waals surface area contributed by atoms with E-state index in [1.807, 2.05) is 19.1 Å². The highest BCUT2D eigenvalue weighted by atomic mass is 19.1. The summed E-state index contributed by atoms with van der Waals surface area (Å²) in [7, 11) is 1.72. The number of phenolic OH excluding ortho intramolecular Hbond substituents is 1. The van der Waals surface area contributed by atoms with E-state index in [0.717, 1.165) is 43.0 Å². The zero-order valence-corrected chi connectivity index (χ0v) is 15.7. The van der Waals surface area contributed by atoms with Crippen LogP contribution in [0.25, 0.3) is 0 Å². The molecule has 6 nitrogen and oxygen atoms in total. The number of piperidine rings is 1. The number of guanidine groups is 1. The Morgan fingerprint density at radius 2 is 2.07 bits per heavy atom. The number of nitrogens with one attached hydrogen (secondary N) is 2. The molecule has 1 fully saturated rings. The summed E-state index contributed by atoms with van der Waals surface area (Å²) >= 11 is 0. The van der Waals surface area contributed by atoms with Crippen LogP contribution in [0.5, 0.6) is 5.75 Å². The summed E-state index contributed by atoms with van der Waals surface area (Å²) in [6.45, 7) is 4.32. The van der Waals surface area contributed by atoms with E-state index in [9.17, 15) is 9.50 Å². The number of aliphatic imine (C=N–C) groups is 1. The Morgan fingerprint density at radius 3 is 2.74 bits per heavy atom. The van der Waals surface area contributed by atoms with Gasteiger partial charge in [-0.3, -0.25) is 4.99 Å². The molecule has 1 aromatic carbocycles. The smallest absolute Gasteiger partial charge is 0.191 e. The molecule has 0 aliphatic carbocycles. The highest BCUT2D eigenvalue weighted by molar-refractivity contribution is 5.80. The number of phenols is 1. The van der Waals surface area contributed by atoms with Crippen LogP contribution in [0.15, 0.2) is 41.4 Å². The van der Waals surface area contributed by atoms with Crippen molar-refractivity contribution in [1.82, 2.24) is 15.6 Å². The topological polar surface area (TPSA) is 72.8 Å². The van der Waals surface area contributed by atoms with Crippen molar-refractivity contribution in [2.75, 3.05) is 25.0 Å². The Bertz CT molecular complexity index is 803. The summed E-state index contributed by atoms with van der Waals surface area (Å²) in [5, 5.41) is 15.9. The molecule has 1 aliphatic heterocycles. The van der Waals surface area contributed by atoms with Gasteiger partial charge in [-0.1, -0.05) is 12.1 Å². The third-order valence-corrected chi connectivity index (χ3v) is 4.73. The minimum atomic E-state index is -0.616. The predicted octanol–water partition coefficient (Wildman–Crippen LogP) is 2.57. The molecule has 0 amide bonds. The zero-order valence-electron chi connectivity index (χ0n) is 15.7. The van der Waals surface area contributed by atoms with Crippen LogP contribution in [0.3, 0.4) is 0 Å². The van der Waals surface area contributed by atoms with Gasteiger partial charge in [0.05, 0.1) is 0 Å². The molecule has 0 saturated carbocycles. The molecule has 1 saturated heterocycles. The molecule has 7 heteroatoms. The minimum Gasteiger partial charge on any atom is -0.505 e. The van der Waals surface area contributed by atoms with E-state index in [1.54, 1.807) is 13.1 Å². The summed E-state index contributed by atoms with van der Waals surface area (Å²) in [4.78, 5) is 11.2. The van der Waals surface area contributed by atoms with Crippen molar-refractivity contribution in [3.8, 4) is 5.75 Å². The van der Waals surface area contributed by atoms with Crippen LogP contribution >= 0.6 is 0 Å². The second-order valence-electron chi connectivity index (χ2n) is 6.75. The van der Waals surface area contributed by atoms with E-state index in [0.29, 0.717) is 18.5 Å². The van der Waals surface area contributed by atoms with Gasteiger partial charge in [-0.25, -0.2) is 9.37 Å². The normalized spacial score (nSPS) is 15.7. The number of anilines is 1. The average Bonchev–Trinajstić information content (AvgIpc) is 2.68. The van der Waals surface area contributed by atoms with E-state index in [-0.39, 0.29) is 5.75 Å². The first kappa shape index (κ1) is 18.9. The number of halogens is 1. The van der Waals surface area contributed by atoms with Gasteiger partial charge in [-0.2, -0.15) is 0 Å². The fourth-order valence-electron chi connectivity index (χ4n) is 3.19. The monoisotopic (exact) mass is 371 g/mol. The predicted molar refractivity (Wildman–Crippen MR) is 106 cm³/mol. The second kappa shape index (κ2) is 8.70. The first-order valence-electron chi connectivity index (χ1n) is 9.18. The lowest BCUT2D eigenvalue weighted by Gasteiger charge is -2.34. The molecular weight excluding hydrogens is 345 g/mol. The SMILES string of the molecule is CN=C(NCc1ccc(O)c(F)c1)NC1CCN(c2cccc(C)n2)CC1. The average molecular weight is 371 g/mol. The van der Waals surface area contributed by atoms with Crippen molar-refractivity contribution in [2.24, 2.45) is 4.99 Å². The number of benzene rings is 1. The van der Waals surface area contributed by atoms with E-state index in [1.165, 1.54) is 12.1 Å². The maximum absolute atomic E-state index is 13.4. The van der Waals surface area contributed by atoms with Crippen LogP contribution in [0.1, 0.15) is 24.1 Å². The van der Waals surface area contributed by atoms with Crippen molar-refractivity contribution < 1.29 is 9.50 Å². The van der Waals surface area contributed by atoms with Gasteiger partial charge >= 0.3 is 0 Å². The molecule has 3 N–H and O–H groups in total. The molecule has 27 heavy (non-hydrogen) atoms. The summed E-state index contributed by atoms with van der Waals surface area (Å²) in [6, 6.07) is 10.8. The fraction of sp³-hybridized carbons (Fsp3) is 0.400. The maximum Gasteiger partial charge on any atom is 0.191 e. The summed E-state index contributed by atoms with van der Waals surface area (Å²) in [5.41, 5.74) is 1.77. The number of pyridine rings is 1. The van der Waals surface area contributed by atoms with Gasteiger partial charge in [0.2, 0.25) is 0 Å². The lowest BCUT2D eigenvalue weighted by molar-refractivity contribution is 0.431. The number of hydrogen-bond donors (Lipinski definition) is 3. The molecule has 2 aromatic rings. The first-order chi connectivity index (χ1) is 13.0. The molecular formula is C20H26FN5O. The van der Waals surface area contributed by atoms with Gasteiger partial charge in [-0.15, -0.1) is 0 Å². The van der Waals surface area contributed by atoms with Crippen LogP contribution in [0.4, 0.5) is 10.2 Å². The molecule has 0 radical (unpaired) electrons.